The Balaban J connectivity index is 2.32. The van der Waals surface area contributed by atoms with E-state index in [4.69, 9.17) is 11.6 Å². The number of hydrogen-bond acceptors (Lipinski definition) is 2. The molecule has 0 heterocycles. The summed E-state index contributed by atoms with van der Waals surface area (Å²) < 4.78 is 24.4. The summed E-state index contributed by atoms with van der Waals surface area (Å²) in [5.41, 5.74) is 1.53. The lowest BCUT2D eigenvalue weighted by Gasteiger charge is -2.02. The number of hydrogen-bond donors (Lipinski definition) is 0. The molecule has 0 saturated heterocycles. The normalized spacial score (nSPS) is 11.9. The Kier molecular flexibility index (Phi) is 4.08. The number of halogens is 1. The fourth-order valence-electron chi connectivity index (χ4n) is 1.69. The Morgan fingerprint density at radius 3 is 2.26 bits per heavy atom. The summed E-state index contributed by atoms with van der Waals surface area (Å²) in [6.45, 7) is 1.78. The third kappa shape index (κ3) is 3.46. The van der Waals surface area contributed by atoms with Gasteiger partial charge in [-0.15, -0.1) is 0 Å². The van der Waals surface area contributed by atoms with E-state index in [-0.39, 0.29) is 0 Å². The molecule has 0 N–H and O–H groups in total. The maximum Gasteiger partial charge on any atom is 0.200 e. The molecule has 0 radical (unpaired) electrons. The van der Waals surface area contributed by atoms with Gasteiger partial charge in [0.25, 0.3) is 0 Å². The van der Waals surface area contributed by atoms with Crippen LogP contribution in [-0.2, 0) is 9.84 Å². The topological polar surface area (TPSA) is 34.1 Å². The summed E-state index contributed by atoms with van der Waals surface area (Å²) >= 11 is 5.78. The van der Waals surface area contributed by atoms with Gasteiger partial charge in [-0.3, -0.25) is 0 Å². The van der Waals surface area contributed by atoms with Gasteiger partial charge in [0.1, 0.15) is 0 Å². The van der Waals surface area contributed by atoms with Crippen LogP contribution < -0.4 is 0 Å². The average molecular weight is 293 g/mol. The lowest BCUT2D eigenvalue weighted by Crippen LogP contribution is -1.98. The quantitative estimate of drug-likeness (QED) is 0.854. The molecule has 2 nitrogen and oxygen atoms in total. The standard InChI is InChI=1S/C15H13ClO2S/c1-12-4-2-3-5-15(12)19(17,18)11-10-13-6-8-14(16)9-7-13/h2-11H,1H3/b11-10+. The van der Waals surface area contributed by atoms with Crippen molar-refractivity contribution < 1.29 is 8.42 Å². The summed E-state index contributed by atoms with van der Waals surface area (Å²) in [5.74, 6) is 0. The number of benzene rings is 2. The second-order valence-electron chi connectivity index (χ2n) is 4.16. The van der Waals surface area contributed by atoms with Crippen LogP contribution in [0.5, 0.6) is 0 Å². The maximum absolute atomic E-state index is 12.2. The van der Waals surface area contributed by atoms with Gasteiger partial charge in [0.15, 0.2) is 9.84 Å². The van der Waals surface area contributed by atoms with Crippen LogP contribution in [0.25, 0.3) is 6.08 Å². The molecular weight excluding hydrogens is 280 g/mol. The second-order valence-corrected chi connectivity index (χ2v) is 6.40. The zero-order valence-corrected chi connectivity index (χ0v) is 11.9. The van der Waals surface area contributed by atoms with Gasteiger partial charge in [0.05, 0.1) is 4.90 Å². The second kappa shape index (κ2) is 5.59. The minimum Gasteiger partial charge on any atom is -0.219 e. The van der Waals surface area contributed by atoms with Crippen molar-refractivity contribution in [1.82, 2.24) is 0 Å². The fraction of sp³-hybridized carbons (Fsp3) is 0.0667. The first kappa shape index (κ1) is 13.8. The summed E-state index contributed by atoms with van der Waals surface area (Å²) in [4.78, 5) is 0.334. The number of sulfone groups is 1. The van der Waals surface area contributed by atoms with Crippen LogP contribution in [0.3, 0.4) is 0 Å². The van der Waals surface area contributed by atoms with Crippen molar-refractivity contribution in [2.45, 2.75) is 11.8 Å². The first-order valence-corrected chi connectivity index (χ1v) is 7.66. The van der Waals surface area contributed by atoms with Crippen molar-refractivity contribution in [3.05, 3.63) is 70.1 Å². The highest BCUT2D eigenvalue weighted by Crippen LogP contribution is 2.18. The van der Waals surface area contributed by atoms with Gasteiger partial charge in [0, 0.05) is 10.4 Å². The van der Waals surface area contributed by atoms with Crippen LogP contribution >= 0.6 is 11.6 Å². The van der Waals surface area contributed by atoms with Crippen molar-refractivity contribution in [3.8, 4) is 0 Å². The third-order valence-electron chi connectivity index (χ3n) is 2.71. The van der Waals surface area contributed by atoms with E-state index in [0.29, 0.717) is 9.92 Å². The van der Waals surface area contributed by atoms with Crippen LogP contribution in [0.4, 0.5) is 0 Å². The van der Waals surface area contributed by atoms with E-state index < -0.39 is 9.84 Å². The third-order valence-corrected chi connectivity index (χ3v) is 4.53. The van der Waals surface area contributed by atoms with Crippen molar-refractivity contribution in [3.63, 3.8) is 0 Å². The molecule has 0 aromatic heterocycles. The largest absolute Gasteiger partial charge is 0.219 e. The van der Waals surface area contributed by atoms with Crippen LogP contribution in [0.1, 0.15) is 11.1 Å². The molecule has 0 aliphatic heterocycles. The van der Waals surface area contributed by atoms with Crippen molar-refractivity contribution in [1.29, 1.82) is 0 Å². The van der Waals surface area contributed by atoms with Crippen LogP contribution in [0.15, 0.2) is 58.8 Å². The fourth-order valence-corrected chi connectivity index (χ4v) is 3.08. The molecule has 0 unspecified atom stereocenters. The Bertz CT molecular complexity index is 701. The zero-order chi connectivity index (χ0) is 13.9. The minimum absolute atomic E-state index is 0.334. The van der Waals surface area contributed by atoms with Crippen LogP contribution in [-0.4, -0.2) is 8.42 Å². The van der Waals surface area contributed by atoms with Gasteiger partial charge < -0.3 is 0 Å². The molecule has 2 rings (SSSR count). The summed E-state index contributed by atoms with van der Waals surface area (Å²) in [5, 5.41) is 1.84. The highest BCUT2D eigenvalue weighted by atomic mass is 35.5. The van der Waals surface area contributed by atoms with Crippen molar-refractivity contribution in [2.24, 2.45) is 0 Å². The van der Waals surface area contributed by atoms with Crippen molar-refractivity contribution in [2.75, 3.05) is 0 Å². The average Bonchev–Trinajstić information content (AvgIpc) is 2.38. The molecule has 19 heavy (non-hydrogen) atoms. The molecule has 0 bridgehead atoms. The smallest absolute Gasteiger partial charge is 0.200 e. The van der Waals surface area contributed by atoms with E-state index in [1.807, 2.05) is 6.07 Å². The molecule has 2 aromatic rings. The SMILES string of the molecule is Cc1ccccc1S(=O)(=O)/C=C/c1ccc(Cl)cc1. The van der Waals surface area contributed by atoms with E-state index in [2.05, 4.69) is 0 Å². The van der Waals surface area contributed by atoms with Crippen molar-refractivity contribution >= 4 is 27.5 Å². The predicted octanol–water partition coefficient (Wildman–Crippen LogP) is 4.09. The van der Waals surface area contributed by atoms with Gasteiger partial charge >= 0.3 is 0 Å². The molecule has 4 heteroatoms. The van der Waals surface area contributed by atoms with E-state index >= 15 is 0 Å². The Hall–Kier alpha value is -1.58. The van der Waals surface area contributed by atoms with E-state index in [1.165, 1.54) is 5.41 Å². The van der Waals surface area contributed by atoms with E-state index in [1.54, 1.807) is 55.5 Å². The molecule has 0 atom stereocenters. The Labute approximate surface area is 118 Å². The zero-order valence-electron chi connectivity index (χ0n) is 10.4. The molecule has 0 saturated carbocycles. The van der Waals surface area contributed by atoms with Gasteiger partial charge in [0.2, 0.25) is 0 Å². The van der Waals surface area contributed by atoms with Gasteiger partial charge in [-0.1, -0.05) is 41.9 Å². The van der Waals surface area contributed by atoms with Crippen LogP contribution in [0, 0.1) is 6.92 Å². The molecule has 2 aromatic carbocycles. The Morgan fingerprint density at radius 2 is 1.63 bits per heavy atom. The molecule has 0 fully saturated rings. The molecule has 98 valence electrons. The van der Waals surface area contributed by atoms with Gasteiger partial charge in [-0.25, -0.2) is 8.42 Å². The van der Waals surface area contributed by atoms with Crippen LogP contribution in [0.2, 0.25) is 5.02 Å². The maximum atomic E-state index is 12.2. The monoisotopic (exact) mass is 292 g/mol. The number of aryl methyl sites for hydroxylation is 1. The molecule has 0 amide bonds. The highest BCUT2D eigenvalue weighted by Gasteiger charge is 2.12. The lowest BCUT2D eigenvalue weighted by atomic mass is 10.2. The molecule has 0 spiro atoms. The first-order valence-electron chi connectivity index (χ1n) is 5.73. The summed E-state index contributed by atoms with van der Waals surface area (Å²) in [7, 11) is -3.41. The minimum atomic E-state index is -3.41. The van der Waals surface area contributed by atoms with E-state index in [0.717, 1.165) is 11.1 Å². The summed E-state index contributed by atoms with van der Waals surface area (Å²) in [6, 6.07) is 13.9. The van der Waals surface area contributed by atoms with Gasteiger partial charge in [-0.2, -0.15) is 0 Å². The molecule has 0 aliphatic carbocycles. The molecular formula is C15H13ClO2S. The predicted molar refractivity (Wildman–Crippen MR) is 78.9 cm³/mol. The van der Waals surface area contributed by atoms with E-state index in [9.17, 15) is 8.42 Å². The van der Waals surface area contributed by atoms with Gasteiger partial charge in [-0.05, 0) is 42.3 Å². The Morgan fingerprint density at radius 1 is 1.00 bits per heavy atom. The highest BCUT2D eigenvalue weighted by molar-refractivity contribution is 7.94. The first-order chi connectivity index (χ1) is 8.99. The molecule has 0 aliphatic rings. The number of rotatable bonds is 3. The lowest BCUT2D eigenvalue weighted by molar-refractivity contribution is 0.604. The summed E-state index contributed by atoms with van der Waals surface area (Å²) in [6.07, 6.45) is 1.57.